The van der Waals surface area contributed by atoms with Gasteiger partial charge in [0.25, 0.3) is 0 Å². The molecule has 3 nitrogen and oxygen atoms in total. The van der Waals surface area contributed by atoms with E-state index in [0.29, 0.717) is 10.8 Å². The Balaban J connectivity index is 1.45. The first-order chi connectivity index (χ1) is 11.8. The maximum absolute atomic E-state index is 13.3. The van der Waals surface area contributed by atoms with Crippen molar-refractivity contribution in [2.45, 2.75) is 52.4 Å². The van der Waals surface area contributed by atoms with E-state index >= 15 is 0 Å². The van der Waals surface area contributed by atoms with Crippen molar-refractivity contribution in [2.24, 2.45) is 22.2 Å². The van der Waals surface area contributed by atoms with E-state index in [1.165, 1.54) is 19.3 Å². The van der Waals surface area contributed by atoms with Gasteiger partial charge in [0.2, 0.25) is 5.91 Å². The summed E-state index contributed by atoms with van der Waals surface area (Å²) < 4.78 is 2.15. The number of benzene rings is 1. The summed E-state index contributed by atoms with van der Waals surface area (Å²) in [6, 6.07) is 6.06. The number of halogens is 1. The SMILES string of the molecule is C[C@]12CC3CC(C(=O)Nc4nc5ccc(Br)cc5s4)(C1)C[C@@](C)(C3)C2. The minimum atomic E-state index is -0.179. The Morgan fingerprint density at radius 1 is 1.20 bits per heavy atom. The van der Waals surface area contributed by atoms with Gasteiger partial charge < -0.3 is 5.32 Å². The van der Waals surface area contributed by atoms with Crippen molar-refractivity contribution in [3.63, 3.8) is 0 Å². The van der Waals surface area contributed by atoms with Gasteiger partial charge in [-0.3, -0.25) is 4.79 Å². The lowest BCUT2D eigenvalue weighted by Gasteiger charge is -2.64. The molecule has 1 aromatic heterocycles. The Morgan fingerprint density at radius 2 is 1.92 bits per heavy atom. The molecule has 1 N–H and O–H groups in total. The number of anilines is 1. The zero-order chi connectivity index (χ0) is 17.4. The highest BCUT2D eigenvalue weighted by Gasteiger charge is 2.62. The molecule has 0 radical (unpaired) electrons. The van der Waals surface area contributed by atoms with Crippen molar-refractivity contribution in [2.75, 3.05) is 5.32 Å². The third kappa shape index (κ3) is 2.57. The Morgan fingerprint density at radius 3 is 2.60 bits per heavy atom. The van der Waals surface area contributed by atoms with Gasteiger partial charge >= 0.3 is 0 Å². The highest BCUT2D eigenvalue weighted by molar-refractivity contribution is 9.10. The second kappa shape index (κ2) is 5.07. The van der Waals surface area contributed by atoms with Crippen molar-refractivity contribution in [3.05, 3.63) is 22.7 Å². The minimum absolute atomic E-state index is 0.179. The lowest BCUT2D eigenvalue weighted by molar-refractivity contribution is -0.165. The summed E-state index contributed by atoms with van der Waals surface area (Å²) in [7, 11) is 0. The van der Waals surface area contributed by atoms with Crippen LogP contribution in [0.3, 0.4) is 0 Å². The Kier molecular flexibility index (Phi) is 3.29. The number of hydrogen-bond donors (Lipinski definition) is 1. The number of aromatic nitrogens is 1. The number of hydrogen-bond acceptors (Lipinski definition) is 3. The molecule has 132 valence electrons. The number of fused-ring (bicyclic) bond motifs is 1. The topological polar surface area (TPSA) is 42.0 Å². The normalized spacial score (nSPS) is 39.1. The van der Waals surface area contributed by atoms with Crippen LogP contribution in [0.25, 0.3) is 10.2 Å². The predicted molar refractivity (Wildman–Crippen MR) is 106 cm³/mol. The fourth-order valence-corrected chi connectivity index (χ4v) is 8.30. The molecule has 1 amide bonds. The highest BCUT2D eigenvalue weighted by atomic mass is 79.9. The van der Waals surface area contributed by atoms with Gasteiger partial charge in [0, 0.05) is 4.47 Å². The lowest BCUT2D eigenvalue weighted by Crippen LogP contribution is -2.58. The second-order valence-electron chi connectivity index (χ2n) is 9.50. The van der Waals surface area contributed by atoms with E-state index in [1.807, 2.05) is 12.1 Å². The fourth-order valence-electron chi connectivity index (χ4n) is 6.88. The first kappa shape index (κ1) is 16.2. The Labute approximate surface area is 160 Å². The quantitative estimate of drug-likeness (QED) is 0.649. The van der Waals surface area contributed by atoms with Crippen molar-refractivity contribution < 1.29 is 4.79 Å². The van der Waals surface area contributed by atoms with Gasteiger partial charge in [-0.2, -0.15) is 0 Å². The fraction of sp³-hybridized carbons (Fsp3) is 0.600. The number of rotatable bonds is 2. The van der Waals surface area contributed by atoms with Crippen LogP contribution in [0.1, 0.15) is 52.4 Å². The molecule has 2 aromatic rings. The summed E-state index contributed by atoms with van der Waals surface area (Å²) in [6.07, 6.45) is 7.09. The Bertz CT molecular complexity index is 873. The molecule has 4 saturated carbocycles. The summed E-state index contributed by atoms with van der Waals surface area (Å²) >= 11 is 5.07. The maximum atomic E-state index is 13.3. The molecule has 4 bridgehead atoms. The molecule has 5 heteroatoms. The van der Waals surface area contributed by atoms with Gasteiger partial charge in [-0.15, -0.1) is 0 Å². The highest BCUT2D eigenvalue weighted by Crippen LogP contribution is 2.69. The van der Waals surface area contributed by atoms with Crippen LogP contribution in [-0.4, -0.2) is 10.9 Å². The third-order valence-corrected chi connectivity index (χ3v) is 8.11. The van der Waals surface area contributed by atoms with Crippen molar-refractivity contribution >= 4 is 48.5 Å². The van der Waals surface area contributed by atoms with Crippen LogP contribution < -0.4 is 5.32 Å². The number of nitrogens with zero attached hydrogens (tertiary/aromatic N) is 1. The molecule has 0 spiro atoms. The van der Waals surface area contributed by atoms with Gasteiger partial charge in [-0.25, -0.2) is 4.98 Å². The van der Waals surface area contributed by atoms with Gasteiger partial charge in [0.05, 0.1) is 15.6 Å². The molecule has 4 aliphatic carbocycles. The molecule has 4 atom stereocenters. The summed E-state index contributed by atoms with van der Waals surface area (Å²) in [5.74, 6) is 0.940. The zero-order valence-electron chi connectivity index (χ0n) is 14.7. The molecule has 1 aromatic carbocycles. The molecule has 1 heterocycles. The van der Waals surface area contributed by atoms with Crippen LogP contribution >= 0.6 is 27.3 Å². The van der Waals surface area contributed by atoms with Crippen LogP contribution in [0, 0.1) is 22.2 Å². The molecular formula is C20H23BrN2OS. The van der Waals surface area contributed by atoms with E-state index < -0.39 is 0 Å². The number of amides is 1. The monoisotopic (exact) mass is 418 g/mol. The van der Waals surface area contributed by atoms with E-state index in [-0.39, 0.29) is 11.3 Å². The van der Waals surface area contributed by atoms with Crippen molar-refractivity contribution in [1.29, 1.82) is 0 Å². The number of thiazole rings is 1. The molecule has 4 aliphatic rings. The maximum Gasteiger partial charge on any atom is 0.232 e. The first-order valence-electron chi connectivity index (χ1n) is 9.14. The van der Waals surface area contributed by atoms with Crippen LogP contribution in [0.2, 0.25) is 0 Å². The van der Waals surface area contributed by atoms with E-state index in [1.54, 1.807) is 11.3 Å². The molecule has 0 aliphatic heterocycles. The average Bonchev–Trinajstić information content (AvgIpc) is 2.84. The van der Waals surface area contributed by atoms with Crippen molar-refractivity contribution in [1.82, 2.24) is 4.98 Å². The van der Waals surface area contributed by atoms with E-state index in [4.69, 9.17) is 0 Å². The lowest BCUT2D eigenvalue weighted by atomic mass is 9.40. The average molecular weight is 419 g/mol. The van der Waals surface area contributed by atoms with Crippen LogP contribution in [-0.2, 0) is 4.79 Å². The molecule has 2 unspecified atom stereocenters. The van der Waals surface area contributed by atoms with Gasteiger partial charge in [-0.05, 0) is 73.5 Å². The molecule has 25 heavy (non-hydrogen) atoms. The summed E-state index contributed by atoms with van der Waals surface area (Å²) in [5, 5.41) is 3.94. The van der Waals surface area contributed by atoms with Crippen LogP contribution in [0.15, 0.2) is 22.7 Å². The zero-order valence-corrected chi connectivity index (χ0v) is 17.1. The van der Waals surface area contributed by atoms with Crippen LogP contribution in [0.5, 0.6) is 0 Å². The molecule has 6 rings (SSSR count). The van der Waals surface area contributed by atoms with E-state index in [9.17, 15) is 4.79 Å². The number of carbonyl (C=O) groups excluding carboxylic acids is 1. The van der Waals surface area contributed by atoms with Gasteiger partial charge in [0.15, 0.2) is 5.13 Å². The third-order valence-electron chi connectivity index (χ3n) is 6.68. The standard InChI is InChI=1S/C20H23BrN2OS/c1-18-6-12-7-19(2,9-18)11-20(8-12,10-18)16(24)23-17-22-14-4-3-13(21)5-15(14)25-17/h3-5,12H,6-11H2,1-2H3,(H,22,23,24)/t12?,18-,19+,20?. The van der Waals surface area contributed by atoms with Crippen LogP contribution in [0.4, 0.5) is 5.13 Å². The smallest absolute Gasteiger partial charge is 0.232 e. The first-order valence-corrected chi connectivity index (χ1v) is 10.8. The van der Waals surface area contributed by atoms with Crippen molar-refractivity contribution in [3.8, 4) is 0 Å². The summed E-state index contributed by atoms with van der Waals surface area (Å²) in [6.45, 7) is 4.82. The molecule has 0 saturated heterocycles. The molecule has 4 fully saturated rings. The largest absolute Gasteiger partial charge is 0.301 e. The number of carbonyl (C=O) groups is 1. The summed E-state index contributed by atoms with van der Waals surface area (Å²) in [5.41, 5.74) is 1.47. The van der Waals surface area contributed by atoms with E-state index in [2.05, 4.69) is 46.1 Å². The van der Waals surface area contributed by atoms with Gasteiger partial charge in [0.1, 0.15) is 0 Å². The van der Waals surface area contributed by atoms with E-state index in [0.717, 1.165) is 45.0 Å². The van der Waals surface area contributed by atoms with Gasteiger partial charge in [-0.1, -0.05) is 41.1 Å². The molecular weight excluding hydrogens is 396 g/mol. The second-order valence-corrected chi connectivity index (χ2v) is 11.4. The minimum Gasteiger partial charge on any atom is -0.301 e. The predicted octanol–water partition coefficient (Wildman–Crippen LogP) is 5.99. The number of nitrogens with one attached hydrogen (secondary N) is 1. The summed E-state index contributed by atoms with van der Waals surface area (Å²) in [4.78, 5) is 18.0. The Hall–Kier alpha value is -0.940.